The molecule has 2 heterocycles. The van der Waals surface area contributed by atoms with E-state index < -0.39 is 0 Å². The highest BCUT2D eigenvalue weighted by atomic mass is 16.3. The van der Waals surface area contributed by atoms with Crippen LogP contribution in [-0.4, -0.2) is 32.2 Å². The lowest BCUT2D eigenvalue weighted by atomic mass is 9.99. The van der Waals surface area contributed by atoms with Crippen LogP contribution in [0.15, 0.2) is 43.0 Å². The van der Waals surface area contributed by atoms with Crippen molar-refractivity contribution in [2.75, 3.05) is 0 Å². The zero-order valence-electron chi connectivity index (χ0n) is 15.8. The second kappa shape index (κ2) is 7.61. The third-order valence-electron chi connectivity index (χ3n) is 4.65. The molecule has 0 bridgehead atoms. The van der Waals surface area contributed by atoms with E-state index in [-0.39, 0.29) is 23.6 Å². The number of carbonyl (C=O) groups is 1. The number of hydrogen-bond donors (Lipinski definition) is 3. The Labute approximate surface area is 158 Å². The zero-order valence-corrected chi connectivity index (χ0v) is 15.8. The summed E-state index contributed by atoms with van der Waals surface area (Å²) in [5, 5.41) is 20.5. The minimum absolute atomic E-state index is 0.00236. The monoisotopic (exact) mass is 364 g/mol. The highest BCUT2D eigenvalue weighted by Crippen LogP contribution is 2.27. The molecular weight excluding hydrogens is 340 g/mol. The van der Waals surface area contributed by atoms with Crippen LogP contribution in [0.1, 0.15) is 36.3 Å². The molecule has 3 aromatic rings. The van der Waals surface area contributed by atoms with E-state index in [4.69, 9.17) is 0 Å². The van der Waals surface area contributed by atoms with Gasteiger partial charge in [-0.05, 0) is 49.6 Å². The normalized spacial score (nSPS) is 12.3. The number of phenolic OH excluding ortho intramolecular Hbond substituents is 1. The fraction of sp³-hybridized carbons (Fsp3) is 0.286. The van der Waals surface area contributed by atoms with Crippen molar-refractivity contribution in [3.05, 3.63) is 54.2 Å². The van der Waals surface area contributed by atoms with Crippen molar-refractivity contribution in [2.24, 2.45) is 5.92 Å². The number of nitrogens with zero attached hydrogens (tertiary/aromatic N) is 2. The topological polar surface area (TPSA) is 90.9 Å². The quantitative estimate of drug-likeness (QED) is 0.577. The van der Waals surface area contributed by atoms with E-state index in [0.717, 1.165) is 16.6 Å². The van der Waals surface area contributed by atoms with Gasteiger partial charge in [-0.25, -0.2) is 4.98 Å². The summed E-state index contributed by atoms with van der Waals surface area (Å²) in [5.74, 6) is 0.302. The fourth-order valence-corrected chi connectivity index (χ4v) is 3.06. The van der Waals surface area contributed by atoms with Gasteiger partial charge in [0, 0.05) is 17.3 Å². The Kier molecular flexibility index (Phi) is 5.26. The van der Waals surface area contributed by atoms with Gasteiger partial charge in [0.2, 0.25) is 0 Å². The largest absolute Gasteiger partial charge is 0.508 e. The number of pyridine rings is 1. The molecule has 0 aliphatic heterocycles. The van der Waals surface area contributed by atoms with Gasteiger partial charge in [-0.2, -0.15) is 5.10 Å². The lowest BCUT2D eigenvalue weighted by molar-refractivity contribution is 0.0928. The fourth-order valence-electron chi connectivity index (χ4n) is 3.06. The maximum atomic E-state index is 13.1. The summed E-state index contributed by atoms with van der Waals surface area (Å²) >= 11 is 0. The van der Waals surface area contributed by atoms with E-state index in [1.807, 2.05) is 13.0 Å². The first-order chi connectivity index (χ1) is 12.9. The molecule has 1 atom stereocenters. The number of fused-ring (bicyclic) bond motifs is 1. The van der Waals surface area contributed by atoms with Crippen LogP contribution in [-0.2, 0) is 0 Å². The number of aromatic amines is 1. The predicted molar refractivity (Wildman–Crippen MR) is 107 cm³/mol. The maximum Gasteiger partial charge on any atom is 0.252 e. The number of hydrogen-bond acceptors (Lipinski definition) is 4. The molecule has 0 radical (unpaired) electrons. The smallest absolute Gasteiger partial charge is 0.252 e. The van der Waals surface area contributed by atoms with E-state index in [9.17, 15) is 9.90 Å². The Morgan fingerprint density at radius 3 is 2.67 bits per heavy atom. The van der Waals surface area contributed by atoms with E-state index >= 15 is 0 Å². The summed E-state index contributed by atoms with van der Waals surface area (Å²) in [5.41, 5.74) is 3.25. The molecule has 0 spiro atoms. The third kappa shape index (κ3) is 3.84. The van der Waals surface area contributed by atoms with Gasteiger partial charge in [0.1, 0.15) is 5.75 Å². The molecule has 2 aromatic heterocycles. The average Bonchev–Trinajstić information content (AvgIpc) is 3.02. The summed E-state index contributed by atoms with van der Waals surface area (Å²) in [6.45, 7) is 9.80. The second-order valence-corrected chi connectivity index (χ2v) is 7.00. The number of aromatic nitrogens is 3. The Bertz CT molecular complexity index is 974. The molecule has 1 unspecified atom stereocenters. The van der Waals surface area contributed by atoms with Crippen LogP contribution in [0.25, 0.3) is 22.3 Å². The molecule has 1 aromatic carbocycles. The number of carbonyl (C=O) groups excluding carboxylic acids is 1. The number of rotatable bonds is 6. The lowest BCUT2D eigenvalue weighted by Crippen LogP contribution is -2.38. The highest BCUT2D eigenvalue weighted by molar-refractivity contribution is 6.07. The van der Waals surface area contributed by atoms with Crippen molar-refractivity contribution >= 4 is 16.9 Å². The van der Waals surface area contributed by atoms with Crippen LogP contribution < -0.4 is 5.32 Å². The molecule has 27 heavy (non-hydrogen) atoms. The Morgan fingerprint density at radius 2 is 2.04 bits per heavy atom. The molecule has 0 saturated heterocycles. The van der Waals surface area contributed by atoms with Crippen LogP contribution in [0.2, 0.25) is 0 Å². The van der Waals surface area contributed by atoms with E-state index in [0.29, 0.717) is 23.3 Å². The average molecular weight is 364 g/mol. The minimum atomic E-state index is -0.160. The number of H-pyrrole nitrogens is 1. The standard InChI is InChI=1S/C21H24N4O2/c1-5-6-17(12(2)3)23-21(27)16-11-18(14-7-9-15(26)10-8-14)22-20-19(16)13(4)24-25-20/h5,7-12,17,26H,1,6H2,2-4H3,(H,23,27)(H,22,24,25). The molecule has 3 rings (SSSR count). The first kappa shape index (κ1) is 18.6. The number of amides is 1. The van der Waals surface area contributed by atoms with Gasteiger partial charge in [-0.3, -0.25) is 9.89 Å². The van der Waals surface area contributed by atoms with E-state index in [2.05, 4.69) is 40.9 Å². The van der Waals surface area contributed by atoms with Gasteiger partial charge in [-0.15, -0.1) is 6.58 Å². The molecule has 1 amide bonds. The molecule has 0 fully saturated rings. The van der Waals surface area contributed by atoms with Gasteiger partial charge < -0.3 is 10.4 Å². The van der Waals surface area contributed by atoms with Crippen LogP contribution in [0.5, 0.6) is 5.75 Å². The van der Waals surface area contributed by atoms with Crippen molar-refractivity contribution in [3.8, 4) is 17.0 Å². The molecule has 6 nitrogen and oxygen atoms in total. The van der Waals surface area contributed by atoms with Crippen LogP contribution in [0.4, 0.5) is 0 Å². The SMILES string of the molecule is C=CCC(NC(=O)c1cc(-c2ccc(O)cc2)nc2n[nH]c(C)c12)C(C)C. The molecule has 3 N–H and O–H groups in total. The molecule has 0 aliphatic carbocycles. The Hall–Kier alpha value is -3.15. The summed E-state index contributed by atoms with van der Waals surface area (Å²) in [4.78, 5) is 17.7. The zero-order chi connectivity index (χ0) is 19.6. The maximum absolute atomic E-state index is 13.1. The molecule has 0 saturated carbocycles. The highest BCUT2D eigenvalue weighted by Gasteiger charge is 2.21. The van der Waals surface area contributed by atoms with Gasteiger partial charge in [-0.1, -0.05) is 19.9 Å². The molecule has 6 heteroatoms. The van der Waals surface area contributed by atoms with Crippen molar-refractivity contribution in [3.63, 3.8) is 0 Å². The van der Waals surface area contributed by atoms with Gasteiger partial charge in [0.05, 0.1) is 16.6 Å². The van der Waals surface area contributed by atoms with Crippen LogP contribution >= 0.6 is 0 Å². The van der Waals surface area contributed by atoms with Gasteiger partial charge >= 0.3 is 0 Å². The van der Waals surface area contributed by atoms with E-state index in [1.165, 1.54) is 0 Å². The van der Waals surface area contributed by atoms with Crippen molar-refractivity contribution in [1.29, 1.82) is 0 Å². The second-order valence-electron chi connectivity index (χ2n) is 7.00. The van der Waals surface area contributed by atoms with E-state index in [1.54, 1.807) is 30.3 Å². The van der Waals surface area contributed by atoms with Crippen molar-refractivity contribution < 1.29 is 9.90 Å². The first-order valence-corrected chi connectivity index (χ1v) is 8.97. The van der Waals surface area contributed by atoms with Crippen LogP contribution in [0.3, 0.4) is 0 Å². The Morgan fingerprint density at radius 1 is 1.33 bits per heavy atom. The third-order valence-corrected chi connectivity index (χ3v) is 4.65. The molecule has 140 valence electrons. The number of nitrogens with one attached hydrogen (secondary N) is 2. The summed E-state index contributed by atoms with van der Waals surface area (Å²) in [7, 11) is 0. The van der Waals surface area contributed by atoms with Gasteiger partial charge in [0.15, 0.2) is 5.65 Å². The van der Waals surface area contributed by atoms with Gasteiger partial charge in [0.25, 0.3) is 5.91 Å². The van der Waals surface area contributed by atoms with Crippen LogP contribution in [0, 0.1) is 12.8 Å². The first-order valence-electron chi connectivity index (χ1n) is 8.97. The summed E-state index contributed by atoms with van der Waals surface area (Å²) in [6.07, 6.45) is 2.52. The molecular formula is C21H24N4O2. The number of aromatic hydroxyl groups is 1. The molecule has 0 aliphatic rings. The number of phenols is 1. The number of aryl methyl sites for hydroxylation is 1. The summed E-state index contributed by atoms with van der Waals surface area (Å²) in [6, 6.07) is 8.49. The van der Waals surface area contributed by atoms with Crippen molar-refractivity contribution in [1.82, 2.24) is 20.5 Å². The van der Waals surface area contributed by atoms with Crippen molar-refractivity contribution in [2.45, 2.75) is 33.2 Å². The Balaban J connectivity index is 2.07. The minimum Gasteiger partial charge on any atom is -0.508 e. The lowest BCUT2D eigenvalue weighted by Gasteiger charge is -2.21. The number of benzene rings is 1. The predicted octanol–water partition coefficient (Wildman–Crippen LogP) is 3.97. The summed E-state index contributed by atoms with van der Waals surface area (Å²) < 4.78 is 0.